The molecule has 0 saturated carbocycles. The third-order valence-corrected chi connectivity index (χ3v) is 4.75. The lowest BCUT2D eigenvalue weighted by Gasteiger charge is -2.35. The van der Waals surface area contributed by atoms with E-state index in [9.17, 15) is 14.0 Å². The number of benzene rings is 1. The van der Waals surface area contributed by atoms with Crippen LogP contribution in [0.3, 0.4) is 0 Å². The number of carbonyl (C=O) groups excluding carboxylic acids is 2. The van der Waals surface area contributed by atoms with E-state index in [1.165, 1.54) is 18.4 Å². The zero-order valence-corrected chi connectivity index (χ0v) is 15.5. The molecule has 0 aliphatic carbocycles. The average molecular weight is 394 g/mol. The van der Waals surface area contributed by atoms with Crippen LogP contribution in [0.25, 0.3) is 0 Å². The summed E-state index contributed by atoms with van der Waals surface area (Å²) in [6.45, 7) is 2.20. The first-order valence-corrected chi connectivity index (χ1v) is 9.21. The van der Waals surface area contributed by atoms with Gasteiger partial charge >= 0.3 is 0 Å². The standard InChI is InChI=1S/C21H19FN4O3/c22-16-4-1-2-5-17(16)24-20(27)15-7-8-23-19(14-15)25-9-11-26(12-10-25)21(28)18-6-3-13-29-18/h1-8,13-14H,9-12H2,(H,24,27). The second-order valence-corrected chi connectivity index (χ2v) is 6.59. The second-order valence-electron chi connectivity index (χ2n) is 6.59. The van der Waals surface area contributed by atoms with E-state index in [4.69, 9.17) is 4.42 Å². The summed E-state index contributed by atoms with van der Waals surface area (Å²) in [7, 11) is 0. The lowest BCUT2D eigenvalue weighted by molar-refractivity contribution is 0.0714. The van der Waals surface area contributed by atoms with E-state index in [1.54, 1.807) is 47.5 Å². The molecule has 4 rings (SSSR count). The van der Waals surface area contributed by atoms with Gasteiger partial charge in [0.15, 0.2) is 5.76 Å². The first-order chi connectivity index (χ1) is 14.1. The molecule has 1 N–H and O–H groups in total. The van der Waals surface area contributed by atoms with Gasteiger partial charge in [-0.15, -0.1) is 0 Å². The van der Waals surface area contributed by atoms with E-state index in [2.05, 4.69) is 10.3 Å². The van der Waals surface area contributed by atoms with Crippen molar-refractivity contribution in [2.45, 2.75) is 0 Å². The molecule has 0 bridgehead atoms. The fourth-order valence-electron chi connectivity index (χ4n) is 3.18. The molecule has 8 heteroatoms. The first-order valence-electron chi connectivity index (χ1n) is 9.21. The second kappa shape index (κ2) is 8.14. The predicted molar refractivity (Wildman–Crippen MR) is 105 cm³/mol. The predicted octanol–water partition coefficient (Wildman–Crippen LogP) is 3.03. The maximum atomic E-state index is 13.8. The van der Waals surface area contributed by atoms with Crippen molar-refractivity contribution in [3.05, 3.63) is 78.1 Å². The fourth-order valence-corrected chi connectivity index (χ4v) is 3.18. The van der Waals surface area contributed by atoms with E-state index >= 15 is 0 Å². The minimum Gasteiger partial charge on any atom is -0.459 e. The molecular formula is C21H19FN4O3. The van der Waals surface area contributed by atoms with Crippen molar-refractivity contribution in [1.82, 2.24) is 9.88 Å². The molecule has 7 nitrogen and oxygen atoms in total. The van der Waals surface area contributed by atoms with Gasteiger partial charge in [-0.1, -0.05) is 12.1 Å². The molecule has 1 saturated heterocycles. The Bertz CT molecular complexity index is 1010. The number of furan rings is 1. The van der Waals surface area contributed by atoms with Gasteiger partial charge in [-0.05, 0) is 36.4 Å². The van der Waals surface area contributed by atoms with Crippen molar-refractivity contribution in [3.63, 3.8) is 0 Å². The number of amides is 2. The Labute approximate surface area is 166 Å². The van der Waals surface area contributed by atoms with Gasteiger partial charge < -0.3 is 19.5 Å². The van der Waals surface area contributed by atoms with Crippen molar-refractivity contribution < 1.29 is 18.4 Å². The van der Waals surface area contributed by atoms with Crippen LogP contribution in [0.4, 0.5) is 15.9 Å². The number of hydrogen-bond donors (Lipinski definition) is 1. The lowest BCUT2D eigenvalue weighted by atomic mass is 10.2. The number of piperazine rings is 1. The molecular weight excluding hydrogens is 375 g/mol. The van der Waals surface area contributed by atoms with Crippen molar-refractivity contribution in [2.24, 2.45) is 0 Å². The van der Waals surface area contributed by atoms with Crippen molar-refractivity contribution >= 4 is 23.3 Å². The normalized spacial score (nSPS) is 14.0. The van der Waals surface area contributed by atoms with Crippen LogP contribution < -0.4 is 10.2 Å². The van der Waals surface area contributed by atoms with Gasteiger partial charge in [-0.2, -0.15) is 0 Å². The van der Waals surface area contributed by atoms with Gasteiger partial charge in [-0.25, -0.2) is 9.37 Å². The van der Waals surface area contributed by atoms with Crippen LogP contribution in [0.15, 0.2) is 65.4 Å². The Kier molecular flexibility index (Phi) is 5.24. The van der Waals surface area contributed by atoms with Crippen LogP contribution in [-0.2, 0) is 0 Å². The SMILES string of the molecule is O=C(Nc1ccccc1F)c1ccnc(N2CCN(C(=O)c3ccco3)CC2)c1. The summed E-state index contributed by atoms with van der Waals surface area (Å²) in [6, 6.07) is 12.6. The molecule has 1 aliphatic heterocycles. The van der Waals surface area contributed by atoms with Crippen molar-refractivity contribution in [1.29, 1.82) is 0 Å². The molecule has 0 radical (unpaired) electrons. The first kappa shape index (κ1) is 18.7. The number of para-hydroxylation sites is 1. The van der Waals surface area contributed by atoms with E-state index in [-0.39, 0.29) is 11.6 Å². The number of hydrogen-bond acceptors (Lipinski definition) is 5. The maximum Gasteiger partial charge on any atom is 0.289 e. The maximum absolute atomic E-state index is 13.8. The molecule has 0 spiro atoms. The highest BCUT2D eigenvalue weighted by atomic mass is 19.1. The number of nitrogens with zero attached hydrogens (tertiary/aromatic N) is 3. The van der Waals surface area contributed by atoms with Crippen LogP contribution in [-0.4, -0.2) is 47.9 Å². The van der Waals surface area contributed by atoms with Crippen LogP contribution in [0.2, 0.25) is 0 Å². The van der Waals surface area contributed by atoms with Crippen LogP contribution in [0, 0.1) is 5.82 Å². The fraction of sp³-hybridized carbons (Fsp3) is 0.190. The Morgan fingerprint density at radius 1 is 1.03 bits per heavy atom. The van der Waals surface area contributed by atoms with Crippen LogP contribution >= 0.6 is 0 Å². The largest absolute Gasteiger partial charge is 0.459 e. The molecule has 1 fully saturated rings. The van der Waals surface area contributed by atoms with Gasteiger partial charge in [-0.3, -0.25) is 9.59 Å². The molecule has 0 unspecified atom stereocenters. The van der Waals surface area contributed by atoms with E-state index in [0.29, 0.717) is 43.3 Å². The Hall–Kier alpha value is -3.68. The summed E-state index contributed by atoms with van der Waals surface area (Å²) in [6.07, 6.45) is 3.03. The van der Waals surface area contributed by atoms with Crippen molar-refractivity contribution in [3.8, 4) is 0 Å². The molecule has 29 heavy (non-hydrogen) atoms. The summed E-state index contributed by atoms with van der Waals surface area (Å²) in [5.41, 5.74) is 0.508. The summed E-state index contributed by atoms with van der Waals surface area (Å²) >= 11 is 0. The Morgan fingerprint density at radius 2 is 1.83 bits per heavy atom. The monoisotopic (exact) mass is 394 g/mol. The summed E-state index contributed by atoms with van der Waals surface area (Å²) in [5.74, 6) is -0.0850. The minimum atomic E-state index is -0.493. The number of carbonyl (C=O) groups is 2. The highest BCUT2D eigenvalue weighted by molar-refractivity contribution is 6.04. The van der Waals surface area contributed by atoms with Gasteiger partial charge in [0, 0.05) is 37.9 Å². The van der Waals surface area contributed by atoms with Gasteiger partial charge in [0.05, 0.1) is 12.0 Å². The highest BCUT2D eigenvalue weighted by Crippen LogP contribution is 2.19. The molecule has 1 aromatic carbocycles. The minimum absolute atomic E-state index is 0.126. The highest BCUT2D eigenvalue weighted by Gasteiger charge is 2.24. The number of halogens is 1. The average Bonchev–Trinajstić information content (AvgIpc) is 3.30. The summed E-state index contributed by atoms with van der Waals surface area (Å²) in [5, 5.41) is 2.57. The zero-order chi connectivity index (χ0) is 20.2. The summed E-state index contributed by atoms with van der Waals surface area (Å²) < 4.78 is 18.9. The molecule has 0 atom stereocenters. The number of rotatable bonds is 4. The van der Waals surface area contributed by atoms with E-state index in [1.807, 2.05) is 4.90 Å². The third-order valence-electron chi connectivity index (χ3n) is 4.75. The zero-order valence-electron chi connectivity index (χ0n) is 15.5. The van der Waals surface area contributed by atoms with E-state index in [0.717, 1.165) is 0 Å². The lowest BCUT2D eigenvalue weighted by Crippen LogP contribution is -2.49. The third kappa shape index (κ3) is 4.11. The molecule has 148 valence electrons. The number of pyridine rings is 1. The van der Waals surface area contributed by atoms with Crippen LogP contribution in [0.1, 0.15) is 20.9 Å². The van der Waals surface area contributed by atoms with E-state index < -0.39 is 11.7 Å². The Balaban J connectivity index is 1.41. The smallest absolute Gasteiger partial charge is 0.289 e. The van der Waals surface area contributed by atoms with Gasteiger partial charge in [0.2, 0.25) is 0 Å². The van der Waals surface area contributed by atoms with Gasteiger partial charge in [0.1, 0.15) is 11.6 Å². The number of aromatic nitrogens is 1. The molecule has 1 aliphatic rings. The summed E-state index contributed by atoms with van der Waals surface area (Å²) in [4.78, 5) is 32.9. The molecule has 2 amide bonds. The molecule has 3 heterocycles. The number of anilines is 2. The molecule has 2 aromatic heterocycles. The van der Waals surface area contributed by atoms with Crippen LogP contribution in [0.5, 0.6) is 0 Å². The quantitative estimate of drug-likeness (QED) is 0.736. The number of nitrogens with one attached hydrogen (secondary N) is 1. The van der Waals surface area contributed by atoms with Crippen molar-refractivity contribution in [2.75, 3.05) is 36.4 Å². The molecule has 3 aromatic rings. The topological polar surface area (TPSA) is 78.7 Å². The van der Waals surface area contributed by atoms with Gasteiger partial charge in [0.25, 0.3) is 11.8 Å². The Morgan fingerprint density at radius 3 is 2.55 bits per heavy atom.